The predicted octanol–water partition coefficient (Wildman–Crippen LogP) is 2.84. The molecule has 132 valence electrons. The summed E-state index contributed by atoms with van der Waals surface area (Å²) in [5.41, 5.74) is 1.37. The van der Waals surface area contributed by atoms with Crippen LogP contribution in [0.5, 0.6) is 0 Å². The van der Waals surface area contributed by atoms with Crippen molar-refractivity contribution in [3.05, 3.63) is 65.7 Å². The minimum absolute atomic E-state index is 0.145. The van der Waals surface area contributed by atoms with Crippen LogP contribution in [0.2, 0.25) is 0 Å². The minimum atomic E-state index is -3.61. The van der Waals surface area contributed by atoms with Gasteiger partial charge in [-0.3, -0.25) is 4.79 Å². The molecule has 5 nitrogen and oxygen atoms in total. The Balaban J connectivity index is 1.63. The highest BCUT2D eigenvalue weighted by Crippen LogP contribution is 2.18. The van der Waals surface area contributed by atoms with E-state index in [1.807, 2.05) is 30.3 Å². The number of benzene rings is 2. The number of hydrogen-bond acceptors (Lipinski definition) is 3. The van der Waals surface area contributed by atoms with Crippen molar-refractivity contribution < 1.29 is 13.2 Å². The van der Waals surface area contributed by atoms with Crippen LogP contribution >= 0.6 is 0 Å². The molecule has 3 rings (SSSR count). The van der Waals surface area contributed by atoms with Crippen molar-refractivity contribution in [2.45, 2.75) is 43.2 Å². The van der Waals surface area contributed by atoms with E-state index in [1.165, 1.54) is 12.1 Å². The molecule has 1 saturated carbocycles. The van der Waals surface area contributed by atoms with Crippen LogP contribution in [0.1, 0.15) is 41.6 Å². The molecule has 6 heteroatoms. The maximum atomic E-state index is 12.4. The van der Waals surface area contributed by atoms with Crippen LogP contribution in [0.25, 0.3) is 0 Å². The SMILES string of the molecule is O=C(NC1CCCC1)c1ccc(S(=O)(=O)NCc2ccccc2)cc1. The molecular weight excluding hydrogens is 336 g/mol. The maximum absolute atomic E-state index is 12.4. The van der Waals surface area contributed by atoms with E-state index in [-0.39, 0.29) is 23.4 Å². The number of nitrogens with one attached hydrogen (secondary N) is 2. The van der Waals surface area contributed by atoms with Crippen LogP contribution in [0.3, 0.4) is 0 Å². The molecule has 2 aromatic carbocycles. The number of carbonyl (C=O) groups excluding carboxylic acids is 1. The average molecular weight is 358 g/mol. The van der Waals surface area contributed by atoms with E-state index in [4.69, 9.17) is 0 Å². The molecule has 0 aliphatic heterocycles. The molecule has 1 fully saturated rings. The van der Waals surface area contributed by atoms with Crippen LogP contribution in [-0.2, 0) is 16.6 Å². The third-order valence-corrected chi connectivity index (χ3v) is 5.84. The minimum Gasteiger partial charge on any atom is -0.349 e. The molecule has 0 atom stereocenters. The summed E-state index contributed by atoms with van der Waals surface area (Å²) >= 11 is 0. The van der Waals surface area contributed by atoms with Crippen molar-refractivity contribution in [1.29, 1.82) is 0 Å². The first-order valence-electron chi connectivity index (χ1n) is 8.49. The Morgan fingerprint density at radius 3 is 2.24 bits per heavy atom. The summed E-state index contributed by atoms with van der Waals surface area (Å²) in [6.07, 6.45) is 4.33. The first-order chi connectivity index (χ1) is 12.0. The molecule has 0 radical (unpaired) electrons. The summed E-state index contributed by atoms with van der Waals surface area (Å²) in [4.78, 5) is 12.3. The summed E-state index contributed by atoms with van der Waals surface area (Å²) in [7, 11) is -3.61. The van der Waals surface area contributed by atoms with Gasteiger partial charge >= 0.3 is 0 Å². The molecule has 0 unspecified atom stereocenters. The smallest absolute Gasteiger partial charge is 0.251 e. The Bertz CT molecular complexity index is 812. The van der Waals surface area contributed by atoms with Gasteiger partial charge in [0.15, 0.2) is 0 Å². The first kappa shape index (κ1) is 17.6. The number of carbonyl (C=O) groups is 1. The molecule has 0 bridgehead atoms. The highest BCUT2D eigenvalue weighted by Gasteiger charge is 2.19. The molecule has 1 amide bonds. The summed E-state index contributed by atoms with van der Waals surface area (Å²) < 4.78 is 27.3. The Morgan fingerprint density at radius 2 is 1.60 bits per heavy atom. The second-order valence-electron chi connectivity index (χ2n) is 6.29. The van der Waals surface area contributed by atoms with Gasteiger partial charge in [-0.2, -0.15) is 0 Å². The van der Waals surface area contributed by atoms with E-state index in [9.17, 15) is 13.2 Å². The van der Waals surface area contributed by atoms with Crippen molar-refractivity contribution >= 4 is 15.9 Å². The zero-order valence-corrected chi connectivity index (χ0v) is 14.8. The van der Waals surface area contributed by atoms with Crippen molar-refractivity contribution in [2.75, 3.05) is 0 Å². The van der Waals surface area contributed by atoms with E-state index in [0.717, 1.165) is 31.2 Å². The topological polar surface area (TPSA) is 75.3 Å². The van der Waals surface area contributed by atoms with E-state index < -0.39 is 10.0 Å². The number of sulfonamides is 1. The van der Waals surface area contributed by atoms with Gasteiger partial charge in [-0.25, -0.2) is 13.1 Å². The predicted molar refractivity (Wildman–Crippen MR) is 96.6 cm³/mol. The molecule has 0 spiro atoms. The lowest BCUT2D eigenvalue weighted by atomic mass is 10.2. The third-order valence-electron chi connectivity index (χ3n) is 4.43. The van der Waals surface area contributed by atoms with Crippen LogP contribution in [0, 0.1) is 0 Å². The van der Waals surface area contributed by atoms with Gasteiger partial charge < -0.3 is 5.32 Å². The molecule has 0 aromatic heterocycles. The molecule has 0 saturated heterocycles. The average Bonchev–Trinajstić information content (AvgIpc) is 3.14. The molecule has 2 aromatic rings. The van der Waals surface area contributed by atoms with Gasteiger partial charge in [-0.1, -0.05) is 43.2 Å². The van der Waals surface area contributed by atoms with Crippen LogP contribution in [0.15, 0.2) is 59.5 Å². The molecule has 0 heterocycles. The lowest BCUT2D eigenvalue weighted by Crippen LogP contribution is -2.32. The van der Waals surface area contributed by atoms with Gasteiger partial charge in [-0.05, 0) is 42.7 Å². The van der Waals surface area contributed by atoms with Crippen LogP contribution in [-0.4, -0.2) is 20.4 Å². The van der Waals surface area contributed by atoms with Crippen LogP contribution < -0.4 is 10.0 Å². The third kappa shape index (κ3) is 4.67. The van der Waals surface area contributed by atoms with Gasteiger partial charge in [0.1, 0.15) is 0 Å². The molecule has 25 heavy (non-hydrogen) atoms. The van der Waals surface area contributed by atoms with Gasteiger partial charge in [0, 0.05) is 18.2 Å². The molecule has 1 aliphatic rings. The van der Waals surface area contributed by atoms with E-state index >= 15 is 0 Å². The Hall–Kier alpha value is -2.18. The monoisotopic (exact) mass is 358 g/mol. The Morgan fingerprint density at radius 1 is 0.960 bits per heavy atom. The summed E-state index contributed by atoms with van der Waals surface area (Å²) in [5, 5.41) is 3.00. The van der Waals surface area contributed by atoms with E-state index in [0.29, 0.717) is 5.56 Å². The normalized spacial score (nSPS) is 15.2. The standard InChI is InChI=1S/C19H22N2O3S/c22-19(21-17-8-4-5-9-17)16-10-12-18(13-11-16)25(23,24)20-14-15-6-2-1-3-7-15/h1-3,6-7,10-13,17,20H,4-5,8-9,14H2,(H,21,22). The molecule has 2 N–H and O–H groups in total. The van der Waals surface area contributed by atoms with E-state index in [1.54, 1.807) is 12.1 Å². The summed E-state index contributed by atoms with van der Waals surface area (Å²) in [6, 6.07) is 15.6. The Labute approximate surface area is 148 Å². The highest BCUT2D eigenvalue weighted by molar-refractivity contribution is 7.89. The first-order valence-corrected chi connectivity index (χ1v) is 9.97. The second-order valence-corrected chi connectivity index (χ2v) is 8.06. The lowest BCUT2D eigenvalue weighted by molar-refractivity contribution is 0.0938. The maximum Gasteiger partial charge on any atom is 0.251 e. The van der Waals surface area contributed by atoms with Crippen molar-refractivity contribution in [3.63, 3.8) is 0 Å². The van der Waals surface area contributed by atoms with Crippen molar-refractivity contribution in [3.8, 4) is 0 Å². The van der Waals surface area contributed by atoms with Crippen LogP contribution in [0.4, 0.5) is 0 Å². The number of amides is 1. The van der Waals surface area contributed by atoms with Gasteiger partial charge in [0.05, 0.1) is 4.90 Å². The fourth-order valence-corrected chi connectivity index (χ4v) is 4.00. The fraction of sp³-hybridized carbons (Fsp3) is 0.316. The van der Waals surface area contributed by atoms with Crippen molar-refractivity contribution in [1.82, 2.24) is 10.0 Å². The second kappa shape index (κ2) is 7.80. The largest absolute Gasteiger partial charge is 0.349 e. The zero-order valence-electron chi connectivity index (χ0n) is 13.9. The van der Waals surface area contributed by atoms with Gasteiger partial charge in [0.2, 0.25) is 10.0 Å². The van der Waals surface area contributed by atoms with E-state index in [2.05, 4.69) is 10.0 Å². The lowest BCUT2D eigenvalue weighted by Gasteiger charge is -2.12. The number of rotatable bonds is 6. The van der Waals surface area contributed by atoms with Gasteiger partial charge in [-0.15, -0.1) is 0 Å². The summed E-state index contributed by atoms with van der Waals surface area (Å²) in [5.74, 6) is -0.145. The Kier molecular flexibility index (Phi) is 5.50. The van der Waals surface area contributed by atoms with Crippen molar-refractivity contribution in [2.24, 2.45) is 0 Å². The fourth-order valence-electron chi connectivity index (χ4n) is 2.98. The zero-order chi connectivity index (χ0) is 17.7. The number of hydrogen-bond donors (Lipinski definition) is 2. The summed E-state index contributed by atoms with van der Waals surface area (Å²) in [6.45, 7) is 0.229. The molecule has 1 aliphatic carbocycles. The highest BCUT2D eigenvalue weighted by atomic mass is 32.2. The molecular formula is C19H22N2O3S. The van der Waals surface area contributed by atoms with Gasteiger partial charge in [0.25, 0.3) is 5.91 Å². The quantitative estimate of drug-likeness (QED) is 0.834.